The molecule has 2 aliphatic rings. The second-order valence-corrected chi connectivity index (χ2v) is 23.8. The van der Waals surface area contributed by atoms with E-state index in [0.29, 0.717) is 91.5 Å². The van der Waals surface area contributed by atoms with E-state index >= 15 is 8.78 Å². The molecule has 0 aliphatic carbocycles. The summed E-state index contributed by atoms with van der Waals surface area (Å²) < 4.78 is 133. The number of piperidine rings is 1. The van der Waals surface area contributed by atoms with Crippen molar-refractivity contribution in [2.45, 2.75) is 64.9 Å². The number of piperazine rings is 1. The average molecular weight is 1100 g/mol. The van der Waals surface area contributed by atoms with Crippen LogP contribution in [0.5, 0.6) is 0 Å². The first-order chi connectivity index (χ1) is 34.9. The molecule has 0 amide bonds. The first-order valence-electron chi connectivity index (χ1n) is 23.6. The van der Waals surface area contributed by atoms with Gasteiger partial charge in [-0.3, -0.25) is 4.72 Å². The summed E-state index contributed by atoms with van der Waals surface area (Å²) in [6, 6.07) is 26.0. The van der Waals surface area contributed by atoms with Crippen LogP contribution in [0.25, 0.3) is 22.4 Å². The van der Waals surface area contributed by atoms with Crippen LogP contribution in [0.2, 0.25) is 5.02 Å². The van der Waals surface area contributed by atoms with Gasteiger partial charge in [-0.05, 0) is 111 Å². The van der Waals surface area contributed by atoms with Crippen LogP contribution in [0, 0.1) is 18.6 Å². The van der Waals surface area contributed by atoms with Crippen molar-refractivity contribution < 1.29 is 53.8 Å². The Balaban J connectivity index is 0.980. The fraction of sp³-hybridized carbons (Fsp3) is 0.327. The molecule has 0 unspecified atom stereocenters. The van der Waals surface area contributed by atoms with Gasteiger partial charge in [0.05, 0.1) is 33.1 Å². The fourth-order valence-corrected chi connectivity index (χ4v) is 12.5. The van der Waals surface area contributed by atoms with Gasteiger partial charge in [-0.25, -0.2) is 30.4 Å². The molecule has 8 rings (SSSR count). The van der Waals surface area contributed by atoms with Crippen molar-refractivity contribution in [1.82, 2.24) is 9.47 Å². The number of hydrogen-bond donors (Lipinski definition) is 4. The number of aromatic nitrogens is 1. The topological polar surface area (TPSA) is 165 Å². The number of hydrogen-bond acceptors (Lipinski definition) is 11. The molecular weight excluding hydrogens is 1050 g/mol. The summed E-state index contributed by atoms with van der Waals surface area (Å²) in [6.07, 6.45) is 1.48. The van der Waals surface area contributed by atoms with Crippen molar-refractivity contribution in [1.29, 1.82) is 0 Å². The Morgan fingerprint density at radius 2 is 1.49 bits per heavy atom. The second kappa shape index (κ2) is 21.8. The Bertz CT molecular complexity index is 3240. The highest BCUT2D eigenvalue weighted by Crippen LogP contribution is 2.43. The Labute approximate surface area is 435 Å². The number of carboxylic acids is 1. The van der Waals surface area contributed by atoms with E-state index in [-0.39, 0.29) is 41.2 Å². The Morgan fingerprint density at radius 1 is 0.851 bits per heavy atom. The van der Waals surface area contributed by atoms with E-state index in [1.807, 2.05) is 35.2 Å². The van der Waals surface area contributed by atoms with Crippen LogP contribution in [-0.4, -0.2) is 111 Å². The zero-order chi connectivity index (χ0) is 53.3. The summed E-state index contributed by atoms with van der Waals surface area (Å²) in [5.74, 6) is -2.56. The number of aliphatic hydroxyl groups is 1. The Kier molecular flexibility index (Phi) is 16.0. The average Bonchev–Trinajstić information content (AvgIpc) is 3.62. The highest BCUT2D eigenvalue weighted by molar-refractivity contribution is 7.99. The molecule has 6 aromatic rings. The molecule has 394 valence electrons. The Hall–Kier alpha value is -5.84. The molecule has 0 bridgehead atoms. The predicted molar refractivity (Wildman–Crippen MR) is 280 cm³/mol. The standard InChI is InChI=1S/C52H54ClF5N6O7S3/c1-33-46(50(65)66)47(49(61(33)3)34-9-11-35(53)12-10-34)42-29-36(54)30-44(48(42)55)64-27-25-63(26-28-64)39-15-13-37(14-16-39)60-74(70,71)41-17-18-43(45(31-41)73(68,69)52(56,57)58)59-38(32-72-40-7-5-4-6-8-40)19-22-62-23-20-51(2,67)21-24-62/h4-18,29-31,38,59-60,67H,19-28,32H2,1-3H3,(H,65,66)/t38-/m1/s1. The van der Waals surface area contributed by atoms with Crippen LogP contribution in [0.4, 0.5) is 44.7 Å². The van der Waals surface area contributed by atoms with Gasteiger partial charge in [0.2, 0.25) is 0 Å². The predicted octanol–water partition coefficient (Wildman–Crippen LogP) is 10.5. The lowest BCUT2D eigenvalue weighted by Crippen LogP contribution is -2.46. The lowest BCUT2D eigenvalue weighted by atomic mass is 9.94. The third-order valence-electron chi connectivity index (χ3n) is 13.5. The van der Waals surface area contributed by atoms with E-state index in [2.05, 4.69) is 14.9 Å². The molecule has 2 saturated heterocycles. The molecule has 1 aromatic heterocycles. The molecule has 74 heavy (non-hydrogen) atoms. The number of sulfone groups is 1. The summed E-state index contributed by atoms with van der Waals surface area (Å²) in [5, 5.41) is 24.2. The van der Waals surface area contributed by atoms with Crippen molar-refractivity contribution in [2.75, 3.05) is 71.4 Å². The van der Waals surface area contributed by atoms with Crippen LogP contribution < -0.4 is 19.8 Å². The van der Waals surface area contributed by atoms with Crippen molar-refractivity contribution in [2.24, 2.45) is 7.05 Å². The van der Waals surface area contributed by atoms with Crippen LogP contribution in [-0.2, 0) is 26.9 Å². The SMILES string of the molecule is Cc1c(C(=O)O)c(-c2cc(F)cc(N3CCN(c4ccc(NS(=O)(=O)c5ccc(N[C@H](CCN6CCC(C)(O)CC6)CSc6ccccc6)c(S(=O)(=O)C(F)(F)F)c5)cc4)CC3)c2F)c(-c2ccc(Cl)cc2)n1C. The first kappa shape index (κ1) is 54.4. The van der Waals surface area contributed by atoms with Crippen molar-refractivity contribution in [3.8, 4) is 22.4 Å². The van der Waals surface area contributed by atoms with Crippen molar-refractivity contribution in [3.63, 3.8) is 0 Å². The van der Waals surface area contributed by atoms with Crippen LogP contribution in [0.15, 0.2) is 124 Å². The van der Waals surface area contributed by atoms with Crippen molar-refractivity contribution in [3.05, 3.63) is 137 Å². The van der Waals surface area contributed by atoms with Gasteiger partial charge in [0.1, 0.15) is 10.7 Å². The smallest absolute Gasteiger partial charge is 0.478 e. The maximum absolute atomic E-state index is 16.8. The number of thioether (sulfide) groups is 1. The van der Waals surface area contributed by atoms with Gasteiger partial charge in [0.25, 0.3) is 19.9 Å². The molecule has 5 aromatic carbocycles. The minimum absolute atomic E-state index is 0.0168. The lowest BCUT2D eigenvalue weighted by molar-refractivity contribution is -0.0436. The number of benzene rings is 5. The summed E-state index contributed by atoms with van der Waals surface area (Å²) in [7, 11) is -9.10. The maximum Gasteiger partial charge on any atom is 0.501 e. The zero-order valence-corrected chi connectivity index (χ0v) is 43.7. The number of aromatic carboxylic acids is 1. The summed E-state index contributed by atoms with van der Waals surface area (Å²) in [6.45, 7) is 6.09. The fourth-order valence-electron chi connectivity index (χ4n) is 9.28. The molecule has 13 nitrogen and oxygen atoms in total. The second-order valence-electron chi connectivity index (χ2n) is 18.7. The normalized spacial score (nSPS) is 16.0. The number of halogens is 6. The number of nitrogens with zero attached hydrogens (tertiary/aromatic N) is 4. The minimum Gasteiger partial charge on any atom is -0.478 e. The maximum atomic E-state index is 16.8. The van der Waals surface area contributed by atoms with Gasteiger partial charge in [0.15, 0.2) is 5.82 Å². The number of likely N-dealkylation sites (tertiary alicyclic amines) is 1. The Morgan fingerprint density at radius 3 is 2.11 bits per heavy atom. The van der Waals surface area contributed by atoms with E-state index in [1.165, 1.54) is 23.9 Å². The number of rotatable bonds is 17. The third-order valence-corrected chi connectivity index (χ3v) is 17.9. The monoisotopic (exact) mass is 1100 g/mol. The molecule has 0 saturated carbocycles. The molecule has 0 spiro atoms. The van der Waals surface area contributed by atoms with E-state index in [4.69, 9.17) is 11.6 Å². The van der Waals surface area contributed by atoms with Crippen molar-refractivity contribution >= 4 is 71.9 Å². The third kappa shape index (κ3) is 12.0. The van der Waals surface area contributed by atoms with E-state index in [0.717, 1.165) is 29.2 Å². The van der Waals surface area contributed by atoms with Crippen LogP contribution in [0.3, 0.4) is 0 Å². The van der Waals surface area contributed by atoms with E-state index < -0.39 is 70.1 Å². The zero-order valence-electron chi connectivity index (χ0n) is 40.5. The number of nitrogens with one attached hydrogen (secondary N) is 2. The molecular formula is C52H54ClF5N6O7S3. The van der Waals surface area contributed by atoms with Crippen LogP contribution in [0.1, 0.15) is 42.2 Å². The van der Waals surface area contributed by atoms with E-state index in [9.17, 15) is 45.0 Å². The number of sulfonamides is 1. The van der Waals surface area contributed by atoms with Crippen LogP contribution >= 0.6 is 23.4 Å². The summed E-state index contributed by atoms with van der Waals surface area (Å²) in [5.41, 5.74) is -5.52. The molecule has 2 aliphatic heterocycles. The highest BCUT2D eigenvalue weighted by atomic mass is 35.5. The van der Waals surface area contributed by atoms with Gasteiger partial charge < -0.3 is 34.8 Å². The quantitative estimate of drug-likeness (QED) is 0.0506. The molecule has 1 atom stereocenters. The molecule has 2 fully saturated rings. The number of carbonyl (C=O) groups is 1. The largest absolute Gasteiger partial charge is 0.501 e. The van der Waals surface area contributed by atoms with Gasteiger partial charge in [-0.15, -0.1) is 11.8 Å². The number of alkyl halides is 3. The van der Waals surface area contributed by atoms with Gasteiger partial charge in [-0.2, -0.15) is 13.2 Å². The highest BCUT2D eigenvalue weighted by Gasteiger charge is 2.48. The molecule has 3 heterocycles. The minimum atomic E-state index is -6.08. The molecule has 22 heteroatoms. The van der Waals surface area contributed by atoms with Gasteiger partial charge in [-0.1, -0.05) is 41.9 Å². The summed E-state index contributed by atoms with van der Waals surface area (Å²) in [4.78, 5) is 17.3. The van der Waals surface area contributed by atoms with Gasteiger partial charge >= 0.3 is 11.5 Å². The molecule has 0 radical (unpaired) electrons. The number of anilines is 4. The van der Waals surface area contributed by atoms with Gasteiger partial charge in [0, 0.05) is 109 Å². The summed E-state index contributed by atoms with van der Waals surface area (Å²) >= 11 is 7.55. The first-order valence-corrected chi connectivity index (χ1v) is 27.9. The number of carboxylic acid groups (broad SMARTS) is 1. The molecule has 4 N–H and O–H groups in total. The lowest BCUT2D eigenvalue weighted by Gasteiger charge is -2.37. The van der Waals surface area contributed by atoms with E-state index in [1.54, 1.807) is 66.8 Å².